The summed E-state index contributed by atoms with van der Waals surface area (Å²) in [6.07, 6.45) is 3.02. The lowest BCUT2D eigenvalue weighted by Crippen LogP contribution is -2.50. The summed E-state index contributed by atoms with van der Waals surface area (Å²) in [5, 5.41) is 0. The van der Waals surface area contributed by atoms with Crippen LogP contribution in [0.3, 0.4) is 0 Å². The third-order valence-electron chi connectivity index (χ3n) is 3.47. The summed E-state index contributed by atoms with van der Waals surface area (Å²) < 4.78 is 30.7. The molecule has 1 fully saturated rings. The minimum Gasteiger partial charge on any atom is -0.375 e. The van der Waals surface area contributed by atoms with Gasteiger partial charge in [0.25, 0.3) is 0 Å². The maximum atomic E-state index is 11.7. The van der Waals surface area contributed by atoms with Gasteiger partial charge in [-0.25, -0.2) is 8.42 Å². The van der Waals surface area contributed by atoms with Crippen molar-refractivity contribution in [1.82, 2.24) is 4.31 Å². The minimum atomic E-state index is -3.14. The third kappa shape index (κ3) is 4.03. The fourth-order valence-corrected chi connectivity index (χ4v) is 3.55. The molecule has 0 bridgehead atoms. The van der Waals surface area contributed by atoms with Crippen LogP contribution in [0, 0.1) is 0 Å². The van der Waals surface area contributed by atoms with Crippen LogP contribution in [0.5, 0.6) is 0 Å². The molecule has 1 saturated heterocycles. The minimum absolute atomic E-state index is 0.00821. The highest BCUT2D eigenvalue weighted by molar-refractivity contribution is 7.88. The van der Waals surface area contributed by atoms with Crippen molar-refractivity contribution < 1.29 is 13.2 Å². The van der Waals surface area contributed by atoms with Gasteiger partial charge in [-0.05, 0) is 25.3 Å². The van der Waals surface area contributed by atoms with E-state index < -0.39 is 10.0 Å². The van der Waals surface area contributed by atoms with Crippen LogP contribution in [0.4, 0.5) is 0 Å². The average molecular weight is 283 g/mol. The van der Waals surface area contributed by atoms with Crippen molar-refractivity contribution in [1.29, 1.82) is 0 Å². The molecule has 1 aromatic carbocycles. The van der Waals surface area contributed by atoms with E-state index >= 15 is 0 Å². The Morgan fingerprint density at radius 2 is 2.00 bits per heavy atom. The van der Waals surface area contributed by atoms with E-state index in [1.807, 2.05) is 25.1 Å². The van der Waals surface area contributed by atoms with Gasteiger partial charge in [0.15, 0.2) is 0 Å². The number of morpholine rings is 1. The summed E-state index contributed by atoms with van der Waals surface area (Å²) in [5.74, 6) is 0. The van der Waals surface area contributed by atoms with Crippen LogP contribution in [-0.2, 0) is 21.2 Å². The fraction of sp³-hybridized carbons (Fsp3) is 0.571. The van der Waals surface area contributed by atoms with Gasteiger partial charge >= 0.3 is 0 Å². The zero-order valence-corrected chi connectivity index (χ0v) is 12.3. The van der Waals surface area contributed by atoms with Crippen LogP contribution >= 0.6 is 0 Å². The van der Waals surface area contributed by atoms with E-state index in [2.05, 4.69) is 12.1 Å². The van der Waals surface area contributed by atoms with Crippen LogP contribution in [-0.4, -0.2) is 44.3 Å². The summed E-state index contributed by atoms with van der Waals surface area (Å²) in [7, 11) is -3.14. The smallest absolute Gasteiger partial charge is 0.211 e. The predicted molar refractivity (Wildman–Crippen MR) is 75.5 cm³/mol. The number of sulfonamides is 1. The van der Waals surface area contributed by atoms with Crippen molar-refractivity contribution in [2.75, 3.05) is 19.4 Å². The van der Waals surface area contributed by atoms with E-state index in [1.54, 1.807) is 4.31 Å². The molecule has 2 rings (SSSR count). The molecule has 1 aromatic rings. The fourth-order valence-electron chi connectivity index (χ4n) is 2.40. The predicted octanol–water partition coefficient (Wildman–Crippen LogP) is 1.67. The summed E-state index contributed by atoms with van der Waals surface area (Å²) in [4.78, 5) is 0. The SMILES string of the molecule is CC1COC(CCc2ccccc2)CN1S(C)(=O)=O. The van der Waals surface area contributed by atoms with Gasteiger partial charge in [0, 0.05) is 12.6 Å². The number of hydrogen-bond acceptors (Lipinski definition) is 3. The van der Waals surface area contributed by atoms with E-state index in [0.29, 0.717) is 13.2 Å². The van der Waals surface area contributed by atoms with Gasteiger partial charge in [-0.2, -0.15) is 4.31 Å². The molecule has 1 heterocycles. The molecule has 0 radical (unpaired) electrons. The highest BCUT2D eigenvalue weighted by atomic mass is 32.2. The molecule has 4 nitrogen and oxygen atoms in total. The largest absolute Gasteiger partial charge is 0.375 e. The number of rotatable bonds is 4. The van der Waals surface area contributed by atoms with E-state index in [9.17, 15) is 8.42 Å². The average Bonchev–Trinajstić information content (AvgIpc) is 2.37. The molecule has 0 N–H and O–H groups in total. The Hall–Kier alpha value is -0.910. The van der Waals surface area contributed by atoms with Gasteiger partial charge in [0.05, 0.1) is 19.0 Å². The highest BCUT2D eigenvalue weighted by Crippen LogP contribution is 2.18. The van der Waals surface area contributed by atoms with E-state index in [0.717, 1.165) is 12.8 Å². The lowest BCUT2D eigenvalue weighted by molar-refractivity contribution is -0.0304. The lowest BCUT2D eigenvalue weighted by atomic mass is 10.1. The Bertz CT molecular complexity index is 501. The molecule has 0 aliphatic carbocycles. The highest BCUT2D eigenvalue weighted by Gasteiger charge is 2.31. The Kier molecular flexibility index (Phi) is 4.60. The summed E-state index contributed by atoms with van der Waals surface area (Å²) >= 11 is 0. The van der Waals surface area contributed by atoms with Gasteiger partial charge in [-0.15, -0.1) is 0 Å². The molecular formula is C14H21NO3S. The van der Waals surface area contributed by atoms with Crippen LogP contribution < -0.4 is 0 Å². The molecule has 0 saturated carbocycles. The van der Waals surface area contributed by atoms with Crippen LogP contribution in [0.1, 0.15) is 18.9 Å². The van der Waals surface area contributed by atoms with E-state index in [-0.39, 0.29) is 12.1 Å². The van der Waals surface area contributed by atoms with Gasteiger partial charge < -0.3 is 4.74 Å². The van der Waals surface area contributed by atoms with Gasteiger partial charge in [0.2, 0.25) is 10.0 Å². The van der Waals surface area contributed by atoms with E-state index in [1.165, 1.54) is 11.8 Å². The third-order valence-corrected chi connectivity index (χ3v) is 4.83. The lowest BCUT2D eigenvalue weighted by Gasteiger charge is -2.36. The maximum Gasteiger partial charge on any atom is 0.211 e. The molecule has 0 amide bonds. The van der Waals surface area contributed by atoms with Crippen molar-refractivity contribution in [2.45, 2.75) is 31.9 Å². The Balaban J connectivity index is 1.92. The second kappa shape index (κ2) is 6.03. The molecule has 106 valence electrons. The van der Waals surface area contributed by atoms with Gasteiger partial charge in [-0.3, -0.25) is 0 Å². The Morgan fingerprint density at radius 3 is 2.63 bits per heavy atom. The van der Waals surface area contributed by atoms with Gasteiger partial charge in [-0.1, -0.05) is 30.3 Å². The van der Waals surface area contributed by atoms with E-state index in [4.69, 9.17) is 4.74 Å². The van der Waals surface area contributed by atoms with Crippen molar-refractivity contribution in [3.63, 3.8) is 0 Å². The number of aryl methyl sites for hydroxylation is 1. The molecule has 2 atom stereocenters. The first kappa shape index (κ1) is 14.5. The summed E-state index contributed by atoms with van der Waals surface area (Å²) in [6.45, 7) is 2.83. The van der Waals surface area contributed by atoms with Crippen molar-refractivity contribution in [3.8, 4) is 0 Å². The molecule has 1 aliphatic heterocycles. The van der Waals surface area contributed by atoms with Crippen molar-refractivity contribution in [2.24, 2.45) is 0 Å². The van der Waals surface area contributed by atoms with Crippen molar-refractivity contribution in [3.05, 3.63) is 35.9 Å². The zero-order valence-electron chi connectivity index (χ0n) is 11.5. The first-order chi connectivity index (χ1) is 8.97. The number of hydrogen-bond donors (Lipinski definition) is 0. The maximum absolute atomic E-state index is 11.7. The van der Waals surface area contributed by atoms with Crippen LogP contribution in [0.2, 0.25) is 0 Å². The molecular weight excluding hydrogens is 262 g/mol. The van der Waals surface area contributed by atoms with Gasteiger partial charge in [0.1, 0.15) is 0 Å². The standard InChI is InChI=1S/C14H21NO3S/c1-12-11-18-14(10-15(12)19(2,16)17)9-8-13-6-4-3-5-7-13/h3-7,12,14H,8-11H2,1-2H3. The molecule has 2 unspecified atom stereocenters. The molecule has 19 heavy (non-hydrogen) atoms. The zero-order chi connectivity index (χ0) is 13.9. The molecule has 1 aliphatic rings. The first-order valence-electron chi connectivity index (χ1n) is 6.59. The van der Waals surface area contributed by atoms with Crippen molar-refractivity contribution >= 4 is 10.0 Å². The Labute approximate surface area is 115 Å². The normalized spacial score (nSPS) is 25.4. The summed E-state index contributed by atoms with van der Waals surface area (Å²) in [5.41, 5.74) is 1.26. The monoisotopic (exact) mass is 283 g/mol. The Morgan fingerprint density at radius 1 is 1.32 bits per heavy atom. The number of nitrogens with zero attached hydrogens (tertiary/aromatic N) is 1. The number of ether oxygens (including phenoxy) is 1. The molecule has 0 aromatic heterocycles. The summed E-state index contributed by atoms with van der Waals surface area (Å²) in [6, 6.07) is 10.1. The number of benzene rings is 1. The first-order valence-corrected chi connectivity index (χ1v) is 8.44. The second-order valence-electron chi connectivity index (χ2n) is 5.16. The molecule has 5 heteroatoms. The second-order valence-corrected chi connectivity index (χ2v) is 7.10. The van der Waals surface area contributed by atoms with Crippen LogP contribution in [0.25, 0.3) is 0 Å². The van der Waals surface area contributed by atoms with Crippen LogP contribution in [0.15, 0.2) is 30.3 Å². The molecule has 0 spiro atoms. The topological polar surface area (TPSA) is 46.6 Å². The quantitative estimate of drug-likeness (QED) is 0.844.